The van der Waals surface area contributed by atoms with Gasteiger partial charge in [-0.3, -0.25) is 37.3 Å². The second kappa shape index (κ2) is 67.4. The fourth-order valence-electron chi connectivity index (χ4n) is 11.1. The van der Waals surface area contributed by atoms with E-state index in [2.05, 4.69) is 65.8 Å². The van der Waals surface area contributed by atoms with Crippen LogP contribution in [0.5, 0.6) is 0 Å². The molecule has 0 aliphatic heterocycles. The SMILES string of the molecule is CCCCCC/C=C\C=C/CCCCCCCC(=O)OC[C@H](COP(=O)(O)OC[C@@H](O)COP(=O)(O)OC[C@@H](COC(=O)CCCCCCCCC(C)C)OC(=O)CCCCCCCCCCC(C)CC)OC(=O)CCCCCCCCCCCCCCCCCCCCC. The molecule has 0 fully saturated rings. The van der Waals surface area contributed by atoms with Crippen LogP contribution in [0.15, 0.2) is 24.3 Å². The van der Waals surface area contributed by atoms with E-state index < -0.39 is 97.5 Å². The molecule has 0 heterocycles. The quantitative estimate of drug-likeness (QED) is 0.0169. The van der Waals surface area contributed by atoms with Crippen LogP contribution in [0.4, 0.5) is 0 Å². The number of carbonyl (C=O) groups is 4. The van der Waals surface area contributed by atoms with Crippen molar-refractivity contribution < 1.29 is 80.2 Å². The van der Waals surface area contributed by atoms with E-state index >= 15 is 0 Å². The van der Waals surface area contributed by atoms with Crippen molar-refractivity contribution >= 4 is 39.5 Å². The number of allylic oxidation sites excluding steroid dienone is 4. The predicted octanol–water partition coefficient (Wildman–Crippen LogP) is 21.9. The Balaban J connectivity index is 5.26. The molecular formula is C76H144O17P2. The Bertz CT molecular complexity index is 1930. The van der Waals surface area contributed by atoms with Gasteiger partial charge in [0.15, 0.2) is 12.2 Å². The summed E-state index contributed by atoms with van der Waals surface area (Å²) in [6.45, 7) is 9.43. The summed E-state index contributed by atoms with van der Waals surface area (Å²) in [4.78, 5) is 72.7. The molecule has 0 radical (unpaired) electrons. The number of rotatable bonds is 73. The molecule has 0 aliphatic carbocycles. The molecule has 0 saturated heterocycles. The normalized spacial score (nSPS) is 14.5. The van der Waals surface area contributed by atoms with Crippen LogP contribution in [-0.2, 0) is 65.4 Å². The second-order valence-electron chi connectivity index (χ2n) is 27.4. The molecule has 0 amide bonds. The van der Waals surface area contributed by atoms with Gasteiger partial charge in [0.05, 0.1) is 26.4 Å². The maximum atomic E-state index is 13.1. The van der Waals surface area contributed by atoms with E-state index in [-0.39, 0.29) is 25.7 Å². The van der Waals surface area contributed by atoms with Gasteiger partial charge in [0.25, 0.3) is 0 Å². The van der Waals surface area contributed by atoms with E-state index in [1.807, 2.05) is 0 Å². The van der Waals surface area contributed by atoms with E-state index in [1.54, 1.807) is 0 Å². The van der Waals surface area contributed by atoms with Gasteiger partial charge in [-0.1, -0.05) is 316 Å². The second-order valence-corrected chi connectivity index (χ2v) is 30.3. The number of esters is 4. The number of aliphatic hydroxyl groups is 1. The van der Waals surface area contributed by atoms with Crippen molar-refractivity contribution in [1.82, 2.24) is 0 Å². The molecule has 0 bridgehead atoms. The van der Waals surface area contributed by atoms with Gasteiger partial charge in [0.2, 0.25) is 0 Å². The van der Waals surface area contributed by atoms with Crippen molar-refractivity contribution in [3.05, 3.63) is 24.3 Å². The molecular weight excluding hydrogens is 1250 g/mol. The number of carbonyl (C=O) groups excluding carboxylic acids is 4. The minimum atomic E-state index is -4.96. The fraction of sp³-hybridized carbons (Fsp3) is 0.895. The fourth-order valence-corrected chi connectivity index (χ4v) is 12.7. The molecule has 0 aromatic carbocycles. The van der Waals surface area contributed by atoms with E-state index in [1.165, 1.54) is 161 Å². The molecule has 0 rings (SSSR count). The summed E-state index contributed by atoms with van der Waals surface area (Å²) in [6, 6.07) is 0. The highest BCUT2D eigenvalue weighted by Gasteiger charge is 2.30. The zero-order valence-corrected chi connectivity index (χ0v) is 63.2. The highest BCUT2D eigenvalue weighted by Crippen LogP contribution is 2.45. The lowest BCUT2D eigenvalue weighted by atomic mass is 9.99. The topological polar surface area (TPSA) is 237 Å². The number of phosphoric acid groups is 2. The van der Waals surface area contributed by atoms with Crippen LogP contribution < -0.4 is 0 Å². The Morgan fingerprint density at radius 1 is 0.347 bits per heavy atom. The van der Waals surface area contributed by atoms with Crippen LogP contribution in [0.1, 0.15) is 369 Å². The first-order valence-corrected chi connectivity index (χ1v) is 41.8. The first kappa shape index (κ1) is 92.5. The number of aliphatic hydroxyl groups excluding tert-OH is 1. The summed E-state index contributed by atoms with van der Waals surface area (Å²) in [5.41, 5.74) is 0. The third-order valence-electron chi connectivity index (χ3n) is 17.4. The number of unbranched alkanes of at least 4 members (excludes halogenated alkanes) is 39. The van der Waals surface area contributed by atoms with Crippen molar-refractivity contribution in [2.24, 2.45) is 11.8 Å². The molecule has 560 valence electrons. The van der Waals surface area contributed by atoms with E-state index in [4.69, 9.17) is 37.0 Å². The summed E-state index contributed by atoms with van der Waals surface area (Å²) >= 11 is 0. The third-order valence-corrected chi connectivity index (χ3v) is 19.3. The maximum absolute atomic E-state index is 13.1. The molecule has 0 aromatic heterocycles. The minimum absolute atomic E-state index is 0.101. The lowest BCUT2D eigenvalue weighted by Gasteiger charge is -2.21. The molecule has 3 unspecified atom stereocenters. The zero-order chi connectivity index (χ0) is 70.0. The molecule has 0 spiro atoms. The minimum Gasteiger partial charge on any atom is -0.462 e. The number of hydrogen-bond donors (Lipinski definition) is 3. The molecule has 17 nitrogen and oxygen atoms in total. The Hall–Kier alpha value is -2.46. The Kier molecular flexibility index (Phi) is 65.6. The molecule has 95 heavy (non-hydrogen) atoms. The van der Waals surface area contributed by atoms with Crippen LogP contribution >= 0.6 is 15.6 Å². The van der Waals surface area contributed by atoms with Crippen LogP contribution in [-0.4, -0.2) is 96.7 Å². The molecule has 0 aromatic rings. The van der Waals surface area contributed by atoms with Gasteiger partial charge in [0, 0.05) is 25.7 Å². The van der Waals surface area contributed by atoms with Gasteiger partial charge >= 0.3 is 39.5 Å². The van der Waals surface area contributed by atoms with Gasteiger partial charge in [-0.05, 0) is 63.2 Å². The van der Waals surface area contributed by atoms with Crippen molar-refractivity contribution in [2.45, 2.75) is 387 Å². The van der Waals surface area contributed by atoms with Crippen LogP contribution in [0.25, 0.3) is 0 Å². The number of phosphoric ester groups is 2. The lowest BCUT2D eigenvalue weighted by Crippen LogP contribution is -2.30. The van der Waals surface area contributed by atoms with Gasteiger partial charge < -0.3 is 33.8 Å². The van der Waals surface area contributed by atoms with E-state index in [9.17, 15) is 43.2 Å². The van der Waals surface area contributed by atoms with Crippen molar-refractivity contribution in [1.29, 1.82) is 0 Å². The molecule has 3 N–H and O–H groups in total. The van der Waals surface area contributed by atoms with Crippen LogP contribution in [0.3, 0.4) is 0 Å². The highest BCUT2D eigenvalue weighted by atomic mass is 31.2. The first-order valence-electron chi connectivity index (χ1n) is 38.8. The van der Waals surface area contributed by atoms with Gasteiger partial charge in [-0.25, -0.2) is 9.13 Å². The summed E-state index contributed by atoms with van der Waals surface area (Å²) in [6.07, 6.45) is 57.9. The lowest BCUT2D eigenvalue weighted by molar-refractivity contribution is -0.161. The van der Waals surface area contributed by atoms with Crippen molar-refractivity contribution in [3.8, 4) is 0 Å². The Labute approximate surface area is 580 Å². The Morgan fingerprint density at radius 2 is 0.621 bits per heavy atom. The van der Waals surface area contributed by atoms with Gasteiger partial charge in [0.1, 0.15) is 19.3 Å². The monoisotopic (exact) mass is 1390 g/mol. The first-order chi connectivity index (χ1) is 45.9. The summed E-state index contributed by atoms with van der Waals surface area (Å²) in [5, 5.41) is 10.6. The van der Waals surface area contributed by atoms with Crippen LogP contribution in [0, 0.1) is 11.8 Å². The van der Waals surface area contributed by atoms with Crippen molar-refractivity contribution in [2.75, 3.05) is 39.6 Å². The van der Waals surface area contributed by atoms with Gasteiger partial charge in [-0.2, -0.15) is 0 Å². The number of hydrogen-bond acceptors (Lipinski definition) is 15. The van der Waals surface area contributed by atoms with E-state index in [0.29, 0.717) is 31.6 Å². The number of ether oxygens (including phenoxy) is 4. The highest BCUT2D eigenvalue weighted by molar-refractivity contribution is 7.47. The third kappa shape index (κ3) is 68.5. The summed E-state index contributed by atoms with van der Waals surface area (Å²) in [5.74, 6) is -0.705. The zero-order valence-electron chi connectivity index (χ0n) is 61.5. The molecule has 0 aliphatic rings. The summed E-state index contributed by atoms with van der Waals surface area (Å²) in [7, 11) is -9.92. The van der Waals surface area contributed by atoms with Crippen molar-refractivity contribution in [3.63, 3.8) is 0 Å². The molecule has 6 atom stereocenters. The smallest absolute Gasteiger partial charge is 0.462 e. The molecule has 19 heteroatoms. The predicted molar refractivity (Wildman–Crippen MR) is 386 cm³/mol. The average molecular weight is 1390 g/mol. The maximum Gasteiger partial charge on any atom is 0.472 e. The largest absolute Gasteiger partial charge is 0.472 e. The van der Waals surface area contributed by atoms with Gasteiger partial charge in [-0.15, -0.1) is 0 Å². The Morgan fingerprint density at radius 3 is 0.947 bits per heavy atom. The van der Waals surface area contributed by atoms with Crippen LogP contribution in [0.2, 0.25) is 0 Å². The summed E-state index contributed by atoms with van der Waals surface area (Å²) < 4.78 is 68.4. The standard InChI is InChI=1S/C76H144O17P2/c1-7-10-12-14-16-18-20-22-24-25-26-27-29-31-33-35-40-48-54-60-75(80)92-71(64-86-73(78)58-52-46-39-34-32-30-28-23-21-19-17-15-13-11-8-2)66-90-94(82,83)88-62-70(77)63-89-95(84,85)91-67-72(65-87-74(79)59-53-47-43-42-44-50-56-68(4)5)93-76(81)61-55-49-41-37-36-38-45-51-57-69(6)9-3/h19,21,23,28,68-72,77H,7-18,20,22,24-27,29-67H2,1-6H3,(H,82,83)(H,84,85)/b21-19-,28-23-/t69?,70-,71-,72-/m1/s1. The average Bonchev–Trinajstić information content (AvgIpc) is 1.91. The molecule has 0 saturated carbocycles. The van der Waals surface area contributed by atoms with E-state index in [0.717, 1.165) is 121 Å².